The van der Waals surface area contributed by atoms with Crippen molar-refractivity contribution in [1.82, 2.24) is 0 Å². The van der Waals surface area contributed by atoms with Crippen molar-refractivity contribution in [2.45, 2.75) is 23.8 Å². The van der Waals surface area contributed by atoms with Gasteiger partial charge in [-0.05, 0) is 43.2 Å². The highest BCUT2D eigenvalue weighted by atomic mass is 35.5. The zero-order valence-electron chi connectivity index (χ0n) is 18.6. The van der Waals surface area contributed by atoms with Gasteiger partial charge in [-0.2, -0.15) is 0 Å². The van der Waals surface area contributed by atoms with Crippen molar-refractivity contribution in [1.29, 1.82) is 0 Å². The van der Waals surface area contributed by atoms with Gasteiger partial charge in [0.2, 0.25) is 0 Å². The minimum atomic E-state index is -3.50. The summed E-state index contributed by atoms with van der Waals surface area (Å²) >= 11 is 6.21. The molecule has 1 saturated carbocycles. The molecule has 0 unspecified atom stereocenters. The Morgan fingerprint density at radius 3 is 2.62 bits per heavy atom. The molecule has 2 aromatic carbocycles. The Labute approximate surface area is 201 Å². The molecule has 0 atom stereocenters. The van der Waals surface area contributed by atoms with Crippen LogP contribution in [0.3, 0.4) is 0 Å². The van der Waals surface area contributed by atoms with Crippen LogP contribution in [0.25, 0.3) is 22.3 Å². The van der Waals surface area contributed by atoms with E-state index in [1.54, 1.807) is 18.2 Å². The Kier molecular flexibility index (Phi) is 6.97. The maximum atomic E-state index is 12.6. The van der Waals surface area contributed by atoms with Crippen LogP contribution in [-0.2, 0) is 24.1 Å². The lowest BCUT2D eigenvalue weighted by Crippen LogP contribution is -2.37. The monoisotopic (exact) mass is 506 g/mol. The van der Waals surface area contributed by atoms with Crippen LogP contribution in [0.1, 0.15) is 12.8 Å². The summed E-state index contributed by atoms with van der Waals surface area (Å²) in [5.41, 5.74) is 0.351. The number of sulfone groups is 1. The zero-order valence-corrected chi connectivity index (χ0v) is 20.1. The number of carbonyl (C=O) groups is 1. The molecule has 0 aliphatic heterocycles. The van der Waals surface area contributed by atoms with Crippen molar-refractivity contribution >= 4 is 38.4 Å². The molecule has 0 spiro atoms. The van der Waals surface area contributed by atoms with Crippen LogP contribution in [0.4, 0.5) is 0 Å². The van der Waals surface area contributed by atoms with E-state index in [0.717, 1.165) is 6.26 Å². The van der Waals surface area contributed by atoms with E-state index in [2.05, 4.69) is 0 Å². The number of ether oxygens (including phenoxy) is 3. The Balaban J connectivity index is 1.56. The molecule has 1 aliphatic rings. The second-order valence-corrected chi connectivity index (χ2v) is 10.5. The van der Waals surface area contributed by atoms with E-state index in [4.69, 9.17) is 30.2 Å². The summed E-state index contributed by atoms with van der Waals surface area (Å²) < 4.78 is 46.3. The van der Waals surface area contributed by atoms with Gasteiger partial charge in [0.25, 0.3) is 0 Å². The van der Waals surface area contributed by atoms with Crippen molar-refractivity contribution < 1.29 is 31.8 Å². The van der Waals surface area contributed by atoms with Gasteiger partial charge in [0.15, 0.2) is 20.8 Å². The number of halogens is 1. The fraction of sp³-hybridized carbons (Fsp3) is 0.333. The second-order valence-electron chi connectivity index (χ2n) is 8.05. The predicted molar refractivity (Wildman–Crippen MR) is 126 cm³/mol. The van der Waals surface area contributed by atoms with E-state index in [1.807, 2.05) is 0 Å². The summed E-state index contributed by atoms with van der Waals surface area (Å²) in [5, 5.41) is 0.622. The number of hydrogen-bond acceptors (Lipinski definition) is 8. The number of para-hydroxylation sites is 1. The first-order valence-corrected chi connectivity index (χ1v) is 12.8. The first-order valence-electron chi connectivity index (χ1n) is 10.6. The summed E-state index contributed by atoms with van der Waals surface area (Å²) in [6.45, 7) is 0.354. The number of carbonyl (C=O) groups excluding carboxylic acids is 1. The van der Waals surface area contributed by atoms with Gasteiger partial charge < -0.3 is 18.6 Å². The van der Waals surface area contributed by atoms with Gasteiger partial charge in [-0.1, -0.05) is 17.7 Å². The lowest BCUT2D eigenvalue weighted by molar-refractivity contribution is -0.155. The molecule has 0 radical (unpaired) electrons. The smallest absolute Gasteiger partial charge is 0.308 e. The summed E-state index contributed by atoms with van der Waals surface area (Å²) in [4.78, 5) is 24.2. The highest BCUT2D eigenvalue weighted by molar-refractivity contribution is 7.90. The Morgan fingerprint density at radius 2 is 1.91 bits per heavy atom. The normalized spacial score (nSPS) is 17.9. The predicted octanol–water partition coefficient (Wildman–Crippen LogP) is 3.86. The highest BCUT2D eigenvalue weighted by Gasteiger charge is 2.35. The highest BCUT2D eigenvalue weighted by Crippen LogP contribution is 2.35. The number of hydrogen-bond donors (Lipinski definition) is 0. The summed E-state index contributed by atoms with van der Waals surface area (Å²) in [6, 6.07) is 10.5. The van der Waals surface area contributed by atoms with Gasteiger partial charge in [-0.3, -0.25) is 9.59 Å². The van der Waals surface area contributed by atoms with Crippen LogP contribution in [0.2, 0.25) is 5.02 Å². The van der Waals surface area contributed by atoms with Gasteiger partial charge in [0.1, 0.15) is 18.1 Å². The van der Waals surface area contributed by atoms with Crippen LogP contribution in [0.15, 0.2) is 56.6 Å². The molecule has 4 rings (SSSR count). The maximum Gasteiger partial charge on any atom is 0.308 e. The Morgan fingerprint density at radius 1 is 1.15 bits per heavy atom. The first kappa shape index (κ1) is 24.3. The fourth-order valence-corrected chi connectivity index (χ4v) is 4.61. The molecule has 1 aliphatic carbocycles. The van der Waals surface area contributed by atoms with Crippen LogP contribution in [-0.4, -0.2) is 47.1 Å². The molecular formula is C24H23ClO8S. The average Bonchev–Trinajstić information content (AvgIpc) is 2.77. The zero-order chi connectivity index (χ0) is 24.5. The fourth-order valence-electron chi connectivity index (χ4n) is 3.76. The second kappa shape index (κ2) is 9.77. The summed E-state index contributed by atoms with van der Waals surface area (Å²) in [7, 11) is -2.14. The third-order valence-corrected chi connectivity index (χ3v) is 7.08. The molecule has 0 amide bonds. The number of esters is 1. The van der Waals surface area contributed by atoms with Gasteiger partial charge in [0, 0.05) is 12.3 Å². The number of fused-ring (bicyclic) bond motifs is 1. The molecule has 0 bridgehead atoms. The van der Waals surface area contributed by atoms with Crippen molar-refractivity contribution in [3.8, 4) is 17.1 Å². The molecule has 1 fully saturated rings. The standard InChI is InChI=1S/C24H23ClO8S/c1-30-24(27)14-10-15(11-14)31-8-9-32-21-12-16(34(2,28)29)6-7-18(21)22-13-20(26)17-4-3-5-19(25)23(17)33-22/h3-7,12-15H,8-11H2,1-2H3/t14-,15-. The molecule has 10 heteroatoms. The van der Waals surface area contributed by atoms with E-state index in [-0.39, 0.29) is 63.6 Å². The topological polar surface area (TPSA) is 109 Å². The minimum Gasteiger partial charge on any atom is -0.490 e. The van der Waals surface area contributed by atoms with E-state index in [1.165, 1.54) is 31.4 Å². The molecule has 1 aromatic heterocycles. The van der Waals surface area contributed by atoms with E-state index in [9.17, 15) is 18.0 Å². The maximum absolute atomic E-state index is 12.6. The average molecular weight is 507 g/mol. The molecule has 34 heavy (non-hydrogen) atoms. The van der Waals surface area contributed by atoms with Crippen LogP contribution in [0.5, 0.6) is 5.75 Å². The van der Waals surface area contributed by atoms with Crippen LogP contribution < -0.4 is 10.2 Å². The molecule has 1 heterocycles. The Hall–Kier alpha value is -2.88. The van der Waals surface area contributed by atoms with Crippen molar-refractivity contribution in [2.75, 3.05) is 26.6 Å². The van der Waals surface area contributed by atoms with E-state index < -0.39 is 9.84 Å². The van der Waals surface area contributed by atoms with Gasteiger partial charge in [-0.25, -0.2) is 8.42 Å². The molecule has 8 nitrogen and oxygen atoms in total. The molecular weight excluding hydrogens is 484 g/mol. The van der Waals surface area contributed by atoms with E-state index >= 15 is 0 Å². The third kappa shape index (κ3) is 5.11. The largest absolute Gasteiger partial charge is 0.490 e. The summed E-state index contributed by atoms with van der Waals surface area (Å²) in [6.07, 6.45) is 2.21. The van der Waals surface area contributed by atoms with Crippen molar-refractivity contribution in [3.63, 3.8) is 0 Å². The van der Waals surface area contributed by atoms with Crippen molar-refractivity contribution in [2.24, 2.45) is 5.92 Å². The molecule has 180 valence electrons. The third-order valence-electron chi connectivity index (χ3n) is 5.68. The van der Waals surface area contributed by atoms with Gasteiger partial charge in [0.05, 0.1) is 46.6 Å². The van der Waals surface area contributed by atoms with Gasteiger partial charge >= 0.3 is 5.97 Å². The SMILES string of the molecule is COC(=O)[C@H]1C[C@H](OCCOc2cc(S(C)(=O)=O)ccc2-c2cc(=O)c3cccc(Cl)c3o2)C1. The van der Waals surface area contributed by atoms with Crippen LogP contribution in [0, 0.1) is 5.92 Å². The number of benzene rings is 2. The van der Waals surface area contributed by atoms with Crippen molar-refractivity contribution in [3.05, 3.63) is 57.7 Å². The Bertz CT molecular complexity index is 1390. The first-order chi connectivity index (χ1) is 16.2. The number of methoxy groups -OCH3 is 1. The molecule has 3 aromatic rings. The minimum absolute atomic E-state index is 0.0600. The lowest BCUT2D eigenvalue weighted by atomic mass is 9.82. The lowest BCUT2D eigenvalue weighted by Gasteiger charge is -2.32. The molecule has 0 N–H and O–H groups in total. The van der Waals surface area contributed by atoms with E-state index in [0.29, 0.717) is 23.8 Å². The van der Waals surface area contributed by atoms with Crippen LogP contribution >= 0.6 is 11.6 Å². The molecule has 0 saturated heterocycles. The number of rotatable bonds is 8. The quantitative estimate of drug-likeness (QED) is 0.334. The van der Waals surface area contributed by atoms with Gasteiger partial charge in [-0.15, -0.1) is 0 Å². The summed E-state index contributed by atoms with van der Waals surface area (Å²) in [5.74, 6) is 0.0375.